The van der Waals surface area contributed by atoms with E-state index in [1.807, 2.05) is 45.0 Å². The zero-order valence-corrected chi connectivity index (χ0v) is 25.6. The quantitative estimate of drug-likeness (QED) is 0.315. The summed E-state index contributed by atoms with van der Waals surface area (Å²) in [5, 5.41) is 9.98. The molecule has 0 aromatic heterocycles. The highest BCUT2D eigenvalue weighted by Crippen LogP contribution is 2.64. The Bertz CT molecular complexity index is 1170. The number of ether oxygens (including phenoxy) is 2. The van der Waals surface area contributed by atoms with Crippen LogP contribution in [0.4, 0.5) is 5.69 Å². The number of nitrogens with zero attached hydrogens (tertiary/aromatic N) is 3. The van der Waals surface area contributed by atoms with Crippen molar-refractivity contribution in [3.8, 4) is 5.75 Å². The van der Waals surface area contributed by atoms with Crippen molar-refractivity contribution in [2.45, 2.75) is 83.1 Å². The van der Waals surface area contributed by atoms with Gasteiger partial charge in [0.2, 0.25) is 17.7 Å². The van der Waals surface area contributed by atoms with E-state index in [-0.39, 0.29) is 43.5 Å². The van der Waals surface area contributed by atoms with Gasteiger partial charge in [0.05, 0.1) is 30.7 Å². The normalized spacial score (nSPS) is 28.4. The fourth-order valence-corrected chi connectivity index (χ4v) is 7.59. The maximum absolute atomic E-state index is 14.6. The van der Waals surface area contributed by atoms with Crippen LogP contribution in [0.5, 0.6) is 5.75 Å². The predicted octanol–water partition coefficient (Wildman–Crippen LogP) is 3.95. The third-order valence-electron chi connectivity index (χ3n) is 9.41. The SMILES string of the molecule is C=CCN(C(=O)[C@H]1[C@H]2C(=O)N(CCO)C(C(=O)N(CC=C)C(C)CCC)C23CC[C@]1(CC)O3)c1ccc(OCC)cc1. The third-order valence-corrected chi connectivity index (χ3v) is 9.41. The molecule has 3 amide bonds. The molecule has 42 heavy (non-hydrogen) atoms. The number of carbonyl (C=O) groups excluding carboxylic acids is 3. The van der Waals surface area contributed by atoms with E-state index in [9.17, 15) is 19.5 Å². The zero-order chi connectivity index (χ0) is 30.7. The first-order valence-corrected chi connectivity index (χ1v) is 15.4. The molecule has 3 heterocycles. The van der Waals surface area contributed by atoms with E-state index in [2.05, 4.69) is 20.1 Å². The lowest BCUT2D eigenvalue weighted by atomic mass is 9.64. The lowest BCUT2D eigenvalue weighted by Gasteiger charge is -2.38. The summed E-state index contributed by atoms with van der Waals surface area (Å²) in [5.41, 5.74) is -1.35. The van der Waals surface area contributed by atoms with Gasteiger partial charge in [0, 0.05) is 31.4 Å². The van der Waals surface area contributed by atoms with E-state index in [1.54, 1.807) is 22.0 Å². The highest BCUT2D eigenvalue weighted by Gasteiger charge is 2.79. The molecule has 3 aliphatic heterocycles. The Morgan fingerprint density at radius 2 is 1.83 bits per heavy atom. The first-order chi connectivity index (χ1) is 20.2. The fraction of sp³-hybridized carbons (Fsp3) is 0.606. The van der Waals surface area contributed by atoms with Crippen LogP contribution in [-0.2, 0) is 19.1 Å². The van der Waals surface area contributed by atoms with Gasteiger partial charge in [-0.3, -0.25) is 14.4 Å². The van der Waals surface area contributed by atoms with Crippen LogP contribution in [0.2, 0.25) is 0 Å². The van der Waals surface area contributed by atoms with Crippen LogP contribution in [0.15, 0.2) is 49.6 Å². The monoisotopic (exact) mass is 581 g/mol. The number of fused-ring (bicyclic) bond motifs is 1. The Labute approximate surface area is 250 Å². The number of aliphatic hydroxyl groups is 1. The average molecular weight is 582 g/mol. The van der Waals surface area contributed by atoms with E-state index in [0.717, 1.165) is 12.8 Å². The number of benzene rings is 1. The molecule has 4 rings (SSSR count). The number of carbonyl (C=O) groups is 3. The highest BCUT2D eigenvalue weighted by atomic mass is 16.5. The molecule has 1 spiro atoms. The largest absolute Gasteiger partial charge is 0.494 e. The van der Waals surface area contributed by atoms with Gasteiger partial charge in [-0.05, 0) is 63.8 Å². The van der Waals surface area contributed by atoms with Crippen LogP contribution in [0.1, 0.15) is 59.8 Å². The Morgan fingerprint density at radius 3 is 2.40 bits per heavy atom. The molecule has 3 unspecified atom stereocenters. The number of anilines is 1. The Balaban J connectivity index is 1.78. The summed E-state index contributed by atoms with van der Waals surface area (Å²) in [6.07, 6.45) is 6.66. The van der Waals surface area contributed by atoms with E-state index in [1.165, 1.54) is 4.90 Å². The molecule has 1 N–H and O–H groups in total. The topological polar surface area (TPSA) is 99.6 Å². The van der Waals surface area contributed by atoms with E-state index in [4.69, 9.17) is 9.47 Å². The van der Waals surface area contributed by atoms with Crippen molar-refractivity contribution < 1.29 is 29.0 Å². The second-order valence-corrected chi connectivity index (χ2v) is 11.7. The van der Waals surface area contributed by atoms with Crippen LogP contribution in [-0.4, -0.2) is 88.8 Å². The summed E-state index contributed by atoms with van der Waals surface area (Å²) < 4.78 is 12.5. The van der Waals surface area contributed by atoms with Crippen LogP contribution in [0.3, 0.4) is 0 Å². The van der Waals surface area contributed by atoms with Crippen molar-refractivity contribution in [1.29, 1.82) is 0 Å². The number of amides is 3. The van der Waals surface area contributed by atoms with Gasteiger partial charge in [-0.1, -0.05) is 32.4 Å². The molecule has 2 bridgehead atoms. The van der Waals surface area contributed by atoms with Gasteiger partial charge in [0.1, 0.15) is 17.4 Å². The molecule has 9 heteroatoms. The smallest absolute Gasteiger partial charge is 0.248 e. The molecule has 9 nitrogen and oxygen atoms in total. The Morgan fingerprint density at radius 1 is 1.14 bits per heavy atom. The van der Waals surface area contributed by atoms with Crippen molar-refractivity contribution in [2.75, 3.05) is 37.7 Å². The number of hydrogen-bond donors (Lipinski definition) is 1. The number of rotatable bonds is 15. The molecule has 0 aliphatic carbocycles. The minimum Gasteiger partial charge on any atom is -0.494 e. The third kappa shape index (κ3) is 5.15. The van der Waals surface area contributed by atoms with Crippen molar-refractivity contribution in [3.63, 3.8) is 0 Å². The first-order valence-electron chi connectivity index (χ1n) is 15.4. The summed E-state index contributed by atoms with van der Waals surface area (Å²) in [5.74, 6) is -1.65. The number of likely N-dealkylation sites (tertiary alicyclic amines) is 1. The molecule has 1 aromatic carbocycles. The maximum atomic E-state index is 14.6. The minimum absolute atomic E-state index is 0.00373. The molecule has 3 aliphatic rings. The summed E-state index contributed by atoms with van der Waals surface area (Å²) in [7, 11) is 0. The molecule has 230 valence electrons. The Hall–Kier alpha value is -3.17. The summed E-state index contributed by atoms with van der Waals surface area (Å²) >= 11 is 0. The lowest BCUT2D eigenvalue weighted by molar-refractivity contribution is -0.154. The second-order valence-electron chi connectivity index (χ2n) is 11.7. The Kier molecular flexibility index (Phi) is 9.83. The molecule has 3 fully saturated rings. The van der Waals surface area contributed by atoms with Gasteiger partial charge in [0.25, 0.3) is 0 Å². The molecular formula is C33H47N3O6. The van der Waals surface area contributed by atoms with Gasteiger partial charge in [-0.25, -0.2) is 0 Å². The van der Waals surface area contributed by atoms with E-state index < -0.39 is 29.1 Å². The van der Waals surface area contributed by atoms with Crippen molar-refractivity contribution in [3.05, 3.63) is 49.6 Å². The second kappa shape index (κ2) is 13.0. The van der Waals surface area contributed by atoms with Gasteiger partial charge < -0.3 is 29.3 Å². The average Bonchev–Trinajstić information content (AvgIpc) is 3.58. The van der Waals surface area contributed by atoms with Gasteiger partial charge in [-0.2, -0.15) is 0 Å². The van der Waals surface area contributed by atoms with E-state index >= 15 is 0 Å². The molecule has 0 saturated carbocycles. The molecule has 3 saturated heterocycles. The lowest BCUT2D eigenvalue weighted by Crippen LogP contribution is -2.58. The predicted molar refractivity (Wildman–Crippen MR) is 162 cm³/mol. The van der Waals surface area contributed by atoms with Crippen LogP contribution in [0, 0.1) is 11.8 Å². The van der Waals surface area contributed by atoms with Gasteiger partial charge in [-0.15, -0.1) is 13.2 Å². The molecule has 6 atom stereocenters. The van der Waals surface area contributed by atoms with Crippen LogP contribution < -0.4 is 9.64 Å². The van der Waals surface area contributed by atoms with E-state index in [0.29, 0.717) is 43.9 Å². The minimum atomic E-state index is -1.15. The highest BCUT2D eigenvalue weighted by molar-refractivity contribution is 6.03. The fourth-order valence-electron chi connectivity index (χ4n) is 7.59. The first kappa shape index (κ1) is 31.8. The molecular weight excluding hydrogens is 534 g/mol. The van der Waals surface area contributed by atoms with Crippen molar-refractivity contribution >= 4 is 23.4 Å². The molecule has 1 aromatic rings. The van der Waals surface area contributed by atoms with Gasteiger partial charge in [0.15, 0.2) is 0 Å². The van der Waals surface area contributed by atoms with Gasteiger partial charge >= 0.3 is 0 Å². The number of β-amino-alcohol motifs (C(OH)–C–C–N with tert-alkyl or cyclic N) is 1. The number of hydrogen-bond acceptors (Lipinski definition) is 6. The summed E-state index contributed by atoms with van der Waals surface area (Å²) in [6.45, 7) is 16.5. The summed E-state index contributed by atoms with van der Waals surface area (Å²) in [6, 6.07) is 6.31. The maximum Gasteiger partial charge on any atom is 0.248 e. The van der Waals surface area contributed by atoms with Crippen LogP contribution >= 0.6 is 0 Å². The van der Waals surface area contributed by atoms with Crippen molar-refractivity contribution in [2.24, 2.45) is 11.8 Å². The zero-order valence-electron chi connectivity index (χ0n) is 25.6. The number of aliphatic hydroxyl groups excluding tert-OH is 1. The van der Waals surface area contributed by atoms with Crippen LogP contribution in [0.25, 0.3) is 0 Å². The standard InChI is InChI=1S/C33H47N3O6/c1-7-12-23(6)34(19-8-2)31(40)28-33-18-17-32(10-4,42-33)26(27(33)30(39)36(28)21-22-37)29(38)35(20-9-3)24-13-15-25(16-14-24)41-11-5/h8-9,13-16,23,26-28,37H,2-3,7,10-12,17-22H2,1,4-6H3/t23?,26-,27+,28?,32+,33?/m1/s1. The molecule has 0 radical (unpaired) electrons. The summed E-state index contributed by atoms with van der Waals surface area (Å²) in [4.78, 5) is 48.2. The van der Waals surface area contributed by atoms with Crippen molar-refractivity contribution in [1.82, 2.24) is 9.80 Å².